The molecule has 0 aliphatic rings. The van der Waals surface area contributed by atoms with Gasteiger partial charge in [-0.05, 0) is 12.5 Å². The van der Waals surface area contributed by atoms with Crippen LogP contribution >= 0.6 is 0 Å². The number of aromatic nitrogens is 2. The number of aryl methyl sites for hydroxylation is 1. The number of hydrogen-bond acceptors (Lipinski definition) is 2. The summed E-state index contributed by atoms with van der Waals surface area (Å²) in [5, 5.41) is 2.91. The normalized spacial score (nSPS) is 10.6. The van der Waals surface area contributed by atoms with Crippen LogP contribution < -0.4 is 11.3 Å². The first-order valence-electron chi connectivity index (χ1n) is 5.23. The van der Waals surface area contributed by atoms with Gasteiger partial charge in [0, 0.05) is 18.3 Å². The molecule has 1 heterocycles. The van der Waals surface area contributed by atoms with Crippen molar-refractivity contribution in [2.24, 2.45) is 5.73 Å². The number of nitrogens with one attached hydrogen (secondary N) is 1. The van der Waals surface area contributed by atoms with Gasteiger partial charge < -0.3 is 10.8 Å². The lowest BCUT2D eigenvalue weighted by Gasteiger charge is -2.02. The SMILES string of the molecule is Cc1ccc(Cn2[nH]cc(CN)c2=O)cc1. The van der Waals surface area contributed by atoms with Crippen LogP contribution in [0.3, 0.4) is 0 Å². The van der Waals surface area contributed by atoms with Crippen molar-refractivity contribution < 1.29 is 0 Å². The van der Waals surface area contributed by atoms with Crippen LogP contribution in [-0.4, -0.2) is 9.78 Å². The van der Waals surface area contributed by atoms with Crippen LogP contribution in [0, 0.1) is 6.92 Å². The van der Waals surface area contributed by atoms with E-state index >= 15 is 0 Å². The van der Waals surface area contributed by atoms with E-state index in [-0.39, 0.29) is 12.1 Å². The quantitative estimate of drug-likeness (QED) is 0.805. The Kier molecular flexibility index (Phi) is 2.92. The van der Waals surface area contributed by atoms with Gasteiger partial charge in [-0.2, -0.15) is 0 Å². The van der Waals surface area contributed by atoms with Crippen molar-refractivity contribution in [3.05, 3.63) is 57.5 Å². The minimum Gasteiger partial charge on any atom is -0.326 e. The molecule has 0 spiro atoms. The van der Waals surface area contributed by atoms with E-state index in [1.807, 2.05) is 31.2 Å². The van der Waals surface area contributed by atoms with Gasteiger partial charge in [0.1, 0.15) is 0 Å². The number of nitrogens with zero attached hydrogens (tertiary/aromatic N) is 1. The Morgan fingerprint density at radius 2 is 2.00 bits per heavy atom. The number of rotatable bonds is 3. The van der Waals surface area contributed by atoms with Crippen molar-refractivity contribution in [2.75, 3.05) is 0 Å². The average Bonchev–Trinajstić information content (AvgIpc) is 2.63. The predicted octanol–water partition coefficient (Wildman–Crippen LogP) is 0.992. The van der Waals surface area contributed by atoms with Crippen molar-refractivity contribution in [3.8, 4) is 0 Å². The van der Waals surface area contributed by atoms with E-state index in [0.717, 1.165) is 5.56 Å². The summed E-state index contributed by atoms with van der Waals surface area (Å²) in [5.41, 5.74) is 8.33. The number of hydrogen-bond donors (Lipinski definition) is 2. The van der Waals surface area contributed by atoms with Gasteiger partial charge in [-0.1, -0.05) is 29.8 Å². The zero-order valence-electron chi connectivity index (χ0n) is 9.23. The molecule has 16 heavy (non-hydrogen) atoms. The summed E-state index contributed by atoms with van der Waals surface area (Å²) in [6.07, 6.45) is 1.66. The first kappa shape index (κ1) is 10.7. The molecule has 0 atom stereocenters. The second-order valence-corrected chi connectivity index (χ2v) is 3.88. The maximum absolute atomic E-state index is 11.7. The molecule has 1 aromatic carbocycles. The van der Waals surface area contributed by atoms with Gasteiger partial charge >= 0.3 is 0 Å². The number of aromatic amines is 1. The van der Waals surface area contributed by atoms with Crippen molar-refractivity contribution in [1.29, 1.82) is 0 Å². The lowest BCUT2D eigenvalue weighted by atomic mass is 10.1. The largest absolute Gasteiger partial charge is 0.326 e. The average molecular weight is 217 g/mol. The molecule has 0 saturated carbocycles. The topological polar surface area (TPSA) is 63.8 Å². The Morgan fingerprint density at radius 3 is 2.56 bits per heavy atom. The molecule has 0 aliphatic heterocycles. The Morgan fingerprint density at radius 1 is 1.31 bits per heavy atom. The molecule has 0 fully saturated rings. The maximum atomic E-state index is 11.7. The van der Waals surface area contributed by atoms with Crippen LogP contribution in [0.5, 0.6) is 0 Å². The standard InChI is InChI=1S/C12H15N3O/c1-9-2-4-10(5-3-9)8-15-12(16)11(6-13)7-14-15/h2-5,7,14H,6,8,13H2,1H3. The van der Waals surface area contributed by atoms with Gasteiger partial charge in [-0.25, -0.2) is 4.68 Å². The molecule has 0 bridgehead atoms. The van der Waals surface area contributed by atoms with Crippen LogP contribution in [0.2, 0.25) is 0 Å². The fraction of sp³-hybridized carbons (Fsp3) is 0.250. The van der Waals surface area contributed by atoms with Crippen LogP contribution in [0.15, 0.2) is 35.3 Å². The predicted molar refractivity (Wildman–Crippen MR) is 63.2 cm³/mol. The number of benzene rings is 1. The Bertz CT molecular complexity index is 522. The molecule has 0 amide bonds. The van der Waals surface area contributed by atoms with Crippen LogP contribution in [0.4, 0.5) is 0 Å². The molecule has 4 heteroatoms. The fourth-order valence-electron chi connectivity index (χ4n) is 1.59. The molecule has 0 radical (unpaired) electrons. The third-order valence-electron chi connectivity index (χ3n) is 2.60. The highest BCUT2D eigenvalue weighted by Crippen LogP contribution is 2.04. The number of nitrogens with two attached hydrogens (primary N) is 1. The van der Waals surface area contributed by atoms with Gasteiger partial charge in [0.2, 0.25) is 0 Å². The summed E-state index contributed by atoms with van der Waals surface area (Å²) < 4.78 is 1.56. The fourth-order valence-corrected chi connectivity index (χ4v) is 1.59. The van der Waals surface area contributed by atoms with E-state index in [4.69, 9.17) is 5.73 Å². The minimum atomic E-state index is -0.0388. The molecular formula is C12H15N3O. The molecule has 1 aromatic heterocycles. The number of H-pyrrole nitrogens is 1. The van der Waals surface area contributed by atoms with Crippen molar-refractivity contribution in [2.45, 2.75) is 20.0 Å². The molecule has 2 rings (SSSR count). The highest BCUT2D eigenvalue weighted by Gasteiger charge is 2.04. The second kappa shape index (κ2) is 4.37. The van der Waals surface area contributed by atoms with Gasteiger partial charge in [0.05, 0.1) is 6.54 Å². The zero-order valence-corrected chi connectivity index (χ0v) is 9.23. The van der Waals surface area contributed by atoms with Crippen molar-refractivity contribution in [1.82, 2.24) is 9.78 Å². The molecule has 0 saturated heterocycles. The smallest absolute Gasteiger partial charge is 0.271 e. The minimum absolute atomic E-state index is 0.0388. The first-order valence-corrected chi connectivity index (χ1v) is 5.23. The first-order chi connectivity index (χ1) is 7.70. The Hall–Kier alpha value is -1.81. The van der Waals surface area contributed by atoms with Gasteiger partial charge in [-0.15, -0.1) is 0 Å². The van der Waals surface area contributed by atoms with E-state index in [1.54, 1.807) is 10.9 Å². The molecule has 2 aromatic rings. The molecule has 3 N–H and O–H groups in total. The summed E-state index contributed by atoms with van der Waals surface area (Å²) in [5.74, 6) is 0. The summed E-state index contributed by atoms with van der Waals surface area (Å²) in [4.78, 5) is 11.7. The molecule has 0 aliphatic carbocycles. The monoisotopic (exact) mass is 217 g/mol. The lowest BCUT2D eigenvalue weighted by molar-refractivity contribution is 0.662. The summed E-state index contributed by atoms with van der Waals surface area (Å²) in [7, 11) is 0. The van der Waals surface area contributed by atoms with Crippen LogP contribution in [0.1, 0.15) is 16.7 Å². The van der Waals surface area contributed by atoms with Gasteiger partial charge in [-0.3, -0.25) is 4.79 Å². The molecular weight excluding hydrogens is 202 g/mol. The highest BCUT2D eigenvalue weighted by molar-refractivity contribution is 5.21. The van der Waals surface area contributed by atoms with Crippen LogP contribution in [-0.2, 0) is 13.1 Å². The summed E-state index contributed by atoms with van der Waals surface area (Å²) in [6.45, 7) is 2.87. The Labute approximate surface area is 93.7 Å². The second-order valence-electron chi connectivity index (χ2n) is 3.88. The summed E-state index contributed by atoms with van der Waals surface area (Å²) >= 11 is 0. The van der Waals surface area contributed by atoms with E-state index in [1.165, 1.54) is 5.56 Å². The van der Waals surface area contributed by atoms with E-state index in [0.29, 0.717) is 12.1 Å². The van der Waals surface area contributed by atoms with E-state index < -0.39 is 0 Å². The third kappa shape index (κ3) is 2.06. The van der Waals surface area contributed by atoms with E-state index in [2.05, 4.69) is 5.10 Å². The van der Waals surface area contributed by atoms with Crippen LogP contribution in [0.25, 0.3) is 0 Å². The Balaban J connectivity index is 2.24. The van der Waals surface area contributed by atoms with Gasteiger partial charge in [0.25, 0.3) is 5.56 Å². The zero-order chi connectivity index (χ0) is 11.5. The molecule has 0 unspecified atom stereocenters. The van der Waals surface area contributed by atoms with Crippen molar-refractivity contribution >= 4 is 0 Å². The highest BCUT2D eigenvalue weighted by atomic mass is 16.1. The molecule has 84 valence electrons. The lowest BCUT2D eigenvalue weighted by Crippen LogP contribution is -2.21. The molecule has 4 nitrogen and oxygen atoms in total. The maximum Gasteiger partial charge on any atom is 0.271 e. The van der Waals surface area contributed by atoms with E-state index in [9.17, 15) is 4.79 Å². The van der Waals surface area contributed by atoms with Gasteiger partial charge in [0.15, 0.2) is 0 Å². The third-order valence-corrected chi connectivity index (χ3v) is 2.60. The summed E-state index contributed by atoms with van der Waals surface area (Å²) in [6, 6.07) is 8.11. The van der Waals surface area contributed by atoms with Crippen molar-refractivity contribution in [3.63, 3.8) is 0 Å².